The van der Waals surface area contributed by atoms with E-state index in [-0.39, 0.29) is 34.0 Å². The van der Waals surface area contributed by atoms with Gasteiger partial charge in [0, 0.05) is 10.9 Å². The minimum Gasteiger partial charge on any atom is -0.506 e. The first kappa shape index (κ1) is 27.2. The topological polar surface area (TPSA) is 127 Å². The summed E-state index contributed by atoms with van der Waals surface area (Å²) in [6, 6.07) is 1.49. The molecule has 1 aromatic carbocycles. The smallest absolute Gasteiger partial charge is 0.405 e. The van der Waals surface area contributed by atoms with E-state index in [2.05, 4.69) is 47.8 Å². The van der Waals surface area contributed by atoms with E-state index >= 15 is 0 Å². The molecule has 3 unspecified atom stereocenters. The third-order valence-electron chi connectivity index (χ3n) is 7.20. The van der Waals surface area contributed by atoms with E-state index < -0.39 is 44.4 Å². The van der Waals surface area contributed by atoms with Gasteiger partial charge in [-0.25, -0.2) is 4.79 Å². The van der Waals surface area contributed by atoms with Gasteiger partial charge in [-0.15, -0.1) is 0 Å². The second-order valence-corrected chi connectivity index (χ2v) is 13.8. The van der Waals surface area contributed by atoms with Crippen LogP contribution in [-0.2, 0) is 24.4 Å². The molecule has 4 bridgehead atoms. The first-order valence-electron chi connectivity index (χ1n) is 10.7. The van der Waals surface area contributed by atoms with Crippen LogP contribution < -0.4 is 0 Å². The zero-order valence-electron chi connectivity index (χ0n) is 18.2. The molecule has 0 radical (unpaired) electrons. The van der Waals surface area contributed by atoms with Crippen molar-refractivity contribution in [3.8, 4) is 5.75 Å². The van der Waals surface area contributed by atoms with E-state index in [1.807, 2.05) is 0 Å². The van der Waals surface area contributed by atoms with E-state index in [1.54, 1.807) is 0 Å². The van der Waals surface area contributed by atoms with Crippen LogP contribution in [0.2, 0.25) is 0 Å². The Morgan fingerprint density at radius 2 is 1.71 bits per heavy atom. The maximum atomic E-state index is 14.0. The van der Waals surface area contributed by atoms with E-state index in [0.29, 0.717) is 41.6 Å². The van der Waals surface area contributed by atoms with Crippen LogP contribution in [0.25, 0.3) is 0 Å². The summed E-state index contributed by atoms with van der Waals surface area (Å²) >= 11 is 9.68. The lowest BCUT2D eigenvalue weighted by molar-refractivity contribution is -0.206. The Bertz CT molecular complexity index is 1190. The summed E-state index contributed by atoms with van der Waals surface area (Å²) in [7, 11) is -5.79. The largest absolute Gasteiger partial charge is 0.506 e. The van der Waals surface area contributed by atoms with Crippen molar-refractivity contribution in [1.29, 1.82) is 0 Å². The van der Waals surface area contributed by atoms with Crippen LogP contribution in [0.4, 0.5) is 8.78 Å². The third-order valence-corrected chi connectivity index (χ3v) is 10.2. The fourth-order valence-electron chi connectivity index (χ4n) is 6.12. The Labute approximate surface area is 225 Å². The van der Waals surface area contributed by atoms with Crippen LogP contribution in [0, 0.1) is 17.3 Å². The van der Waals surface area contributed by atoms with Crippen molar-refractivity contribution >= 4 is 69.8 Å². The molecule has 0 saturated heterocycles. The Kier molecular flexibility index (Phi) is 6.91. The van der Waals surface area contributed by atoms with E-state index in [1.165, 1.54) is 6.07 Å². The lowest BCUT2D eigenvalue weighted by Crippen LogP contribution is -2.60. The molecule has 5 rings (SSSR count). The Morgan fingerprint density at radius 1 is 1.14 bits per heavy atom. The van der Waals surface area contributed by atoms with E-state index in [9.17, 15) is 31.9 Å². The van der Waals surface area contributed by atoms with Crippen LogP contribution >= 0.6 is 47.8 Å². The van der Waals surface area contributed by atoms with Gasteiger partial charge >= 0.3 is 27.3 Å². The molecule has 194 valence electrons. The van der Waals surface area contributed by atoms with Crippen molar-refractivity contribution in [2.24, 2.45) is 17.3 Å². The van der Waals surface area contributed by atoms with Gasteiger partial charge in [0.2, 0.25) is 0 Å². The average molecular weight is 711 g/mol. The molecule has 0 spiro atoms. The lowest BCUT2D eigenvalue weighted by atomic mass is 9.48. The van der Waals surface area contributed by atoms with Gasteiger partial charge in [0.25, 0.3) is 0 Å². The Morgan fingerprint density at radius 3 is 2.26 bits per heavy atom. The lowest BCUT2D eigenvalue weighted by Gasteiger charge is -2.59. The van der Waals surface area contributed by atoms with Gasteiger partial charge in [0.1, 0.15) is 11.4 Å². The van der Waals surface area contributed by atoms with Gasteiger partial charge in [0.15, 0.2) is 6.10 Å². The van der Waals surface area contributed by atoms with Gasteiger partial charge in [-0.1, -0.05) is 0 Å². The first-order valence-corrected chi connectivity index (χ1v) is 14.5. The molecule has 8 nitrogen and oxygen atoms in total. The number of carbonyl (C=O) groups is 2. The number of phenols is 1. The molecule has 3 atom stereocenters. The minimum atomic E-state index is -5.79. The summed E-state index contributed by atoms with van der Waals surface area (Å²) in [5.74, 6) is -1.95. The molecule has 4 fully saturated rings. The van der Waals surface area contributed by atoms with Crippen molar-refractivity contribution in [3.63, 3.8) is 0 Å². The van der Waals surface area contributed by atoms with Gasteiger partial charge in [0.05, 0.1) is 19.9 Å². The number of hydrogen-bond acceptors (Lipinski definition) is 7. The predicted octanol–water partition coefficient (Wildman–Crippen LogP) is 5.59. The number of aromatic hydroxyl groups is 1. The molecule has 0 aromatic heterocycles. The van der Waals surface area contributed by atoms with Gasteiger partial charge in [-0.2, -0.15) is 17.2 Å². The number of phenolic OH excluding ortho intramolecular Hbond substituents is 1. The molecule has 1 aromatic rings. The fourth-order valence-corrected chi connectivity index (χ4v) is 9.03. The van der Waals surface area contributed by atoms with Gasteiger partial charge < -0.3 is 14.6 Å². The predicted molar refractivity (Wildman–Crippen MR) is 129 cm³/mol. The number of rotatable bonds is 6. The van der Waals surface area contributed by atoms with Crippen molar-refractivity contribution in [1.82, 2.24) is 0 Å². The first-order chi connectivity index (χ1) is 16.0. The number of carbonyl (C=O) groups excluding carboxylic acids is 2. The van der Waals surface area contributed by atoms with Crippen LogP contribution in [0.3, 0.4) is 0 Å². The molecule has 4 aliphatic carbocycles. The number of halogens is 5. The van der Waals surface area contributed by atoms with Crippen molar-refractivity contribution < 1.29 is 45.9 Å². The van der Waals surface area contributed by atoms with Crippen LogP contribution in [0.15, 0.2) is 19.5 Å². The van der Waals surface area contributed by atoms with E-state index in [0.717, 1.165) is 6.42 Å². The summed E-state index contributed by atoms with van der Waals surface area (Å²) < 4.78 is 70.7. The Balaban J connectivity index is 1.60. The highest BCUT2D eigenvalue weighted by atomic mass is 79.9. The van der Waals surface area contributed by atoms with Crippen molar-refractivity contribution in [2.75, 3.05) is 0 Å². The SMILES string of the molecule is CC(OC(=O)C12CC3CC(CC(OC(=O)c4c(Br)cc(Br)c(O)c4Br)(C3)C1)C2)C(F)(F)S(=O)(=O)O. The summed E-state index contributed by atoms with van der Waals surface area (Å²) in [5.41, 5.74) is -2.21. The molecule has 14 heteroatoms. The number of hydrogen-bond donors (Lipinski definition) is 2. The zero-order chi connectivity index (χ0) is 26.1. The van der Waals surface area contributed by atoms with Gasteiger partial charge in [-0.05, 0) is 105 Å². The number of alkyl halides is 2. The molecule has 0 amide bonds. The maximum Gasteiger partial charge on any atom is 0.405 e. The monoisotopic (exact) mass is 708 g/mol. The third kappa shape index (κ3) is 4.66. The van der Waals surface area contributed by atoms with Crippen molar-refractivity contribution in [3.05, 3.63) is 25.0 Å². The second-order valence-electron chi connectivity index (χ2n) is 9.78. The second kappa shape index (κ2) is 8.88. The molecule has 0 heterocycles. The molecule has 4 aliphatic rings. The molecular formula is C21H21Br3F2O8S. The summed E-state index contributed by atoms with van der Waals surface area (Å²) in [6.07, 6.45) is 0.0829. The van der Waals surface area contributed by atoms with Crippen LogP contribution in [0.5, 0.6) is 5.75 Å². The molecular weight excluding hydrogens is 690 g/mol. The number of benzene rings is 1. The van der Waals surface area contributed by atoms with Gasteiger partial charge in [-0.3, -0.25) is 9.35 Å². The Hall–Kier alpha value is -0.830. The minimum absolute atomic E-state index is 0.0146. The number of ether oxygens (including phenoxy) is 2. The standard InChI is InChI=1S/C21H21Br3F2O8S/c1-9(21(25,26)35(30,31)32)33-18(29)19-4-10-2-11(5-19)7-20(6-10,8-19)34-17(28)14-12(22)3-13(23)16(27)15(14)24/h3,9-11,27H,2,4-8H2,1H3,(H,30,31,32). The van der Waals surface area contributed by atoms with Crippen LogP contribution in [-0.4, -0.2) is 47.0 Å². The highest BCUT2D eigenvalue weighted by molar-refractivity contribution is 9.11. The molecule has 35 heavy (non-hydrogen) atoms. The fraction of sp³-hybridized carbons (Fsp3) is 0.619. The highest BCUT2D eigenvalue weighted by Gasteiger charge is 2.64. The molecule has 4 saturated carbocycles. The quantitative estimate of drug-likeness (QED) is 0.289. The zero-order valence-corrected chi connectivity index (χ0v) is 23.8. The summed E-state index contributed by atoms with van der Waals surface area (Å²) in [4.78, 5) is 26.4. The number of esters is 2. The van der Waals surface area contributed by atoms with Crippen molar-refractivity contribution in [2.45, 2.75) is 62.4 Å². The van der Waals surface area contributed by atoms with E-state index in [4.69, 9.17) is 14.0 Å². The molecule has 2 N–H and O–H groups in total. The summed E-state index contributed by atoms with van der Waals surface area (Å²) in [5, 5.41) is 5.54. The molecule has 0 aliphatic heterocycles. The highest BCUT2D eigenvalue weighted by Crippen LogP contribution is 2.63. The summed E-state index contributed by atoms with van der Waals surface area (Å²) in [6.45, 7) is 0.705. The maximum absolute atomic E-state index is 14.0. The normalized spacial score (nSPS) is 30.7. The van der Waals surface area contributed by atoms with Crippen LogP contribution in [0.1, 0.15) is 55.8 Å². The average Bonchev–Trinajstić information content (AvgIpc) is 2.69.